The minimum atomic E-state index is -2.17. The van der Waals surface area contributed by atoms with E-state index in [2.05, 4.69) is 108 Å². The molecule has 0 aromatic carbocycles. The van der Waals surface area contributed by atoms with E-state index < -0.39 is 16.6 Å². The Balaban J connectivity index is 1.41. The smallest absolute Gasteiger partial charge is 0.192 e. The number of rotatable bonds is 10. The number of allylic oxidation sites excluding steroid dienone is 3. The molecule has 4 aliphatic carbocycles. The maximum Gasteiger partial charge on any atom is 0.192 e. The minimum absolute atomic E-state index is 0.0581. The van der Waals surface area contributed by atoms with Gasteiger partial charge in [0.2, 0.25) is 0 Å². The predicted molar refractivity (Wildman–Crippen MR) is 192 cm³/mol. The fourth-order valence-corrected chi connectivity index (χ4v) is 12.5. The predicted octanol–water partition coefficient (Wildman–Crippen LogP) is 12.1. The molecule has 7 atom stereocenters. The lowest BCUT2D eigenvalue weighted by Gasteiger charge is -2.56. The van der Waals surface area contributed by atoms with Crippen molar-refractivity contribution in [3.63, 3.8) is 0 Å². The van der Waals surface area contributed by atoms with E-state index in [9.17, 15) is 4.80 Å². The highest BCUT2D eigenvalue weighted by Gasteiger charge is 2.57. The summed E-state index contributed by atoms with van der Waals surface area (Å²) >= 11 is 0. The maximum absolute atomic E-state index is 10.9. The van der Waals surface area contributed by atoms with Crippen LogP contribution in [0.5, 0.6) is 0 Å². The summed E-state index contributed by atoms with van der Waals surface area (Å²) in [6, 6.07) is 0. The van der Waals surface area contributed by atoms with Gasteiger partial charge in [-0.2, -0.15) is 0 Å². The molecule has 0 bridgehead atoms. The Morgan fingerprint density at radius 2 is 1.56 bits per heavy atom. The van der Waals surface area contributed by atoms with Gasteiger partial charge in [0.25, 0.3) is 0 Å². The van der Waals surface area contributed by atoms with Gasteiger partial charge in [-0.1, -0.05) is 105 Å². The summed E-state index contributed by atoms with van der Waals surface area (Å²) < 4.78 is 6.96. The van der Waals surface area contributed by atoms with E-state index >= 15 is 0 Å². The highest BCUT2D eigenvalue weighted by molar-refractivity contribution is 6.74. The Morgan fingerprint density at radius 1 is 0.907 bits per heavy atom. The molecule has 0 spiro atoms. The van der Waals surface area contributed by atoms with Gasteiger partial charge in [-0.15, -0.1) is 0 Å². The molecular formula is C39H72O2Si2. The molecule has 0 amide bonds. The summed E-state index contributed by atoms with van der Waals surface area (Å²) in [5.74, 6) is 3.18. The Labute approximate surface area is 270 Å². The van der Waals surface area contributed by atoms with Crippen LogP contribution in [0.1, 0.15) is 140 Å². The van der Waals surface area contributed by atoms with Crippen LogP contribution in [0.3, 0.4) is 0 Å². The fraction of sp³-hybridized carbons (Fsp3) is 0.897. The molecule has 0 radical (unpaired) electrons. The second-order valence-electron chi connectivity index (χ2n) is 20.0. The summed E-state index contributed by atoms with van der Waals surface area (Å²) in [6.45, 7) is 33.6. The lowest BCUT2D eigenvalue weighted by Crippen LogP contribution is -2.49. The van der Waals surface area contributed by atoms with Crippen LogP contribution in [-0.2, 0) is 4.43 Å². The molecule has 4 aliphatic rings. The first-order valence-electron chi connectivity index (χ1n) is 18.2. The zero-order valence-electron chi connectivity index (χ0n) is 31.2. The standard InChI is InChI=1S/C39H72O2Si2/c1-28(16-15-23-36(5,6)27-37(7,8)42(11,12)40)32-19-20-33-31-18-17-29-26-30(41-43(13,14)35(2,3)4)21-24-38(29,9)34(31)22-25-39(32,33)10/h17-18,28,30,32-34,40H,15-16,19-27H2,1-14H3/t28-,30-,32+,33-,34-,38-,39+/m0/s1. The molecule has 0 aromatic rings. The molecule has 1 N–H and O–H groups in total. The lowest BCUT2D eigenvalue weighted by atomic mass is 9.50. The molecule has 3 fully saturated rings. The molecule has 0 saturated heterocycles. The maximum atomic E-state index is 10.9. The van der Waals surface area contributed by atoms with E-state index in [1.54, 1.807) is 5.57 Å². The second-order valence-corrected chi connectivity index (χ2v) is 29.2. The van der Waals surface area contributed by atoms with E-state index in [0.717, 1.165) is 36.5 Å². The lowest BCUT2D eigenvalue weighted by molar-refractivity contribution is 0.0338. The van der Waals surface area contributed by atoms with Gasteiger partial charge in [0.05, 0.1) is 0 Å². The zero-order chi connectivity index (χ0) is 32.4. The van der Waals surface area contributed by atoms with E-state index in [4.69, 9.17) is 4.43 Å². The van der Waals surface area contributed by atoms with Crippen molar-refractivity contribution < 1.29 is 9.22 Å². The first kappa shape index (κ1) is 35.7. The average molecular weight is 629 g/mol. The van der Waals surface area contributed by atoms with Gasteiger partial charge in [0.1, 0.15) is 0 Å². The van der Waals surface area contributed by atoms with Crippen molar-refractivity contribution in [1.82, 2.24) is 0 Å². The van der Waals surface area contributed by atoms with Gasteiger partial charge in [-0.25, -0.2) is 0 Å². The van der Waals surface area contributed by atoms with Gasteiger partial charge < -0.3 is 9.22 Å². The summed E-state index contributed by atoms with van der Waals surface area (Å²) in [5, 5.41) is 0.333. The molecule has 4 heteroatoms. The van der Waals surface area contributed by atoms with Gasteiger partial charge in [0.15, 0.2) is 16.6 Å². The zero-order valence-corrected chi connectivity index (χ0v) is 33.2. The van der Waals surface area contributed by atoms with E-state index in [0.29, 0.717) is 16.9 Å². The fourth-order valence-electron chi connectivity index (χ4n) is 10.2. The minimum Gasteiger partial charge on any atom is -0.432 e. The third-order valence-corrected chi connectivity index (χ3v) is 22.7. The monoisotopic (exact) mass is 629 g/mol. The first-order chi connectivity index (χ1) is 19.4. The van der Waals surface area contributed by atoms with Crippen molar-refractivity contribution in [2.45, 2.75) is 182 Å². The van der Waals surface area contributed by atoms with Crippen molar-refractivity contribution in [2.75, 3.05) is 0 Å². The molecule has 3 saturated carbocycles. The molecule has 0 aliphatic heterocycles. The quantitative estimate of drug-likeness (QED) is 0.244. The van der Waals surface area contributed by atoms with E-state index in [-0.39, 0.29) is 15.5 Å². The molecule has 248 valence electrons. The molecule has 4 rings (SSSR count). The Morgan fingerprint density at radius 3 is 2.16 bits per heavy atom. The largest absolute Gasteiger partial charge is 0.432 e. The molecule has 0 heterocycles. The van der Waals surface area contributed by atoms with Crippen molar-refractivity contribution >= 4 is 16.6 Å². The summed E-state index contributed by atoms with van der Waals surface area (Å²) in [4.78, 5) is 10.9. The number of fused-ring (bicyclic) bond motifs is 5. The van der Waals surface area contributed by atoms with Crippen LogP contribution in [0.25, 0.3) is 0 Å². The molecule has 0 aromatic heterocycles. The third kappa shape index (κ3) is 6.94. The van der Waals surface area contributed by atoms with Crippen molar-refractivity contribution in [2.24, 2.45) is 39.9 Å². The van der Waals surface area contributed by atoms with Gasteiger partial charge >= 0.3 is 0 Å². The molecule has 2 nitrogen and oxygen atoms in total. The Bertz CT molecular complexity index is 1070. The normalized spacial score (nSPS) is 34.6. The molecular weight excluding hydrogens is 557 g/mol. The molecule has 0 unspecified atom stereocenters. The Hall–Kier alpha value is -0.166. The van der Waals surface area contributed by atoms with Crippen molar-refractivity contribution in [3.8, 4) is 0 Å². The van der Waals surface area contributed by atoms with Crippen LogP contribution < -0.4 is 0 Å². The van der Waals surface area contributed by atoms with E-state index in [1.807, 2.05) is 5.57 Å². The molecule has 43 heavy (non-hydrogen) atoms. The highest BCUT2D eigenvalue weighted by atomic mass is 28.4. The van der Waals surface area contributed by atoms with Crippen LogP contribution >= 0.6 is 0 Å². The first-order valence-corrected chi connectivity index (χ1v) is 24.1. The topological polar surface area (TPSA) is 29.5 Å². The van der Waals surface area contributed by atoms with Crippen LogP contribution in [-0.4, -0.2) is 27.5 Å². The third-order valence-electron chi connectivity index (χ3n) is 14.6. The van der Waals surface area contributed by atoms with Crippen molar-refractivity contribution in [3.05, 3.63) is 23.3 Å². The summed E-state index contributed by atoms with van der Waals surface area (Å²) in [5.41, 5.74) is 4.62. The summed E-state index contributed by atoms with van der Waals surface area (Å²) in [6.07, 6.45) is 20.0. The average Bonchev–Trinajstić information content (AvgIpc) is 3.19. The van der Waals surface area contributed by atoms with Gasteiger partial charge in [0, 0.05) is 6.10 Å². The SMILES string of the molecule is C[C@@H](CCCC(C)(C)CC(C)(C)[Si](C)(C)O)[C@H]1CC[C@H]2C3=CC=C4C[C@@H](O[Si](C)(C)C(C)(C)C)CC[C@]4(C)[C@H]3CC[C@]12C. The number of hydrogen-bond acceptors (Lipinski definition) is 2. The van der Waals surface area contributed by atoms with Gasteiger partial charge in [-0.3, -0.25) is 0 Å². The Kier molecular flexibility index (Phi) is 9.81. The van der Waals surface area contributed by atoms with Crippen LogP contribution in [0.2, 0.25) is 36.3 Å². The summed E-state index contributed by atoms with van der Waals surface area (Å²) in [7, 11) is -3.92. The van der Waals surface area contributed by atoms with Crippen molar-refractivity contribution in [1.29, 1.82) is 0 Å². The van der Waals surface area contributed by atoms with E-state index in [1.165, 1.54) is 57.8 Å². The highest BCUT2D eigenvalue weighted by Crippen LogP contribution is 2.66. The van der Waals surface area contributed by atoms with Crippen LogP contribution in [0.15, 0.2) is 23.3 Å². The number of hydrogen-bond donors (Lipinski definition) is 1. The van der Waals surface area contributed by atoms with Crippen LogP contribution in [0, 0.1) is 39.9 Å². The van der Waals surface area contributed by atoms with Gasteiger partial charge in [-0.05, 0) is 134 Å². The second kappa shape index (κ2) is 11.8. The van der Waals surface area contributed by atoms with Crippen LogP contribution in [0.4, 0.5) is 0 Å².